The molecule has 1 aliphatic carbocycles. The number of nitrogens with zero attached hydrogens (tertiary/aromatic N) is 1. The number of carbonyl (C=O) groups is 1. The number of halogens is 1. The molecule has 1 saturated heterocycles. The van der Waals surface area contributed by atoms with Gasteiger partial charge < -0.3 is 15.1 Å². The van der Waals surface area contributed by atoms with Crippen LogP contribution < -0.4 is 10.6 Å². The van der Waals surface area contributed by atoms with Crippen molar-refractivity contribution in [2.75, 3.05) is 6.54 Å². The van der Waals surface area contributed by atoms with Crippen molar-refractivity contribution in [2.24, 2.45) is 5.92 Å². The monoisotopic (exact) mass is 335 g/mol. The Balaban J connectivity index is 1.54. The van der Waals surface area contributed by atoms with Gasteiger partial charge in [0.2, 0.25) is 0 Å². The predicted molar refractivity (Wildman–Crippen MR) is 77.5 cm³/mol. The second kappa shape index (κ2) is 4.56. The van der Waals surface area contributed by atoms with Crippen LogP contribution in [0.15, 0.2) is 27.4 Å². The van der Waals surface area contributed by atoms with Crippen molar-refractivity contribution in [3.63, 3.8) is 0 Å². The van der Waals surface area contributed by atoms with Crippen LogP contribution in [0.25, 0.3) is 11.0 Å². The fraction of sp³-hybridized carbons (Fsp3) is 0.429. The van der Waals surface area contributed by atoms with E-state index in [1.54, 1.807) is 12.3 Å². The van der Waals surface area contributed by atoms with E-state index in [9.17, 15) is 4.79 Å². The van der Waals surface area contributed by atoms with Gasteiger partial charge in [-0.25, -0.2) is 0 Å². The van der Waals surface area contributed by atoms with Crippen LogP contribution in [0.2, 0.25) is 0 Å². The summed E-state index contributed by atoms with van der Waals surface area (Å²) in [5, 5.41) is 7.43. The van der Waals surface area contributed by atoms with Crippen LogP contribution in [0, 0.1) is 5.92 Å². The van der Waals surface area contributed by atoms with Gasteiger partial charge in [0.1, 0.15) is 11.3 Å². The van der Waals surface area contributed by atoms with Gasteiger partial charge in [0, 0.05) is 42.3 Å². The van der Waals surface area contributed by atoms with E-state index < -0.39 is 0 Å². The van der Waals surface area contributed by atoms with E-state index in [0.29, 0.717) is 27.9 Å². The van der Waals surface area contributed by atoms with E-state index in [1.807, 2.05) is 6.07 Å². The van der Waals surface area contributed by atoms with Gasteiger partial charge in [-0.05, 0) is 34.7 Å². The van der Waals surface area contributed by atoms with Crippen LogP contribution in [0.1, 0.15) is 23.3 Å². The molecule has 2 aromatic heterocycles. The molecule has 0 spiro atoms. The lowest BCUT2D eigenvalue weighted by Gasteiger charge is -2.23. The largest absolute Gasteiger partial charge is 0.449 e. The van der Waals surface area contributed by atoms with Crippen LogP contribution in [0.5, 0.6) is 0 Å². The van der Waals surface area contributed by atoms with Crippen molar-refractivity contribution >= 4 is 32.8 Å². The molecule has 6 heteroatoms. The van der Waals surface area contributed by atoms with Crippen molar-refractivity contribution in [1.82, 2.24) is 15.6 Å². The molecule has 1 saturated carbocycles. The second-order valence-electron chi connectivity index (χ2n) is 5.57. The third-order valence-electron chi connectivity index (χ3n) is 4.28. The smallest absolute Gasteiger partial charge is 0.270 e. The van der Waals surface area contributed by atoms with Gasteiger partial charge in [-0.3, -0.25) is 9.78 Å². The maximum Gasteiger partial charge on any atom is 0.270 e. The number of piperidine rings is 1. The molecule has 0 radical (unpaired) electrons. The first kappa shape index (κ1) is 12.3. The quantitative estimate of drug-likeness (QED) is 0.881. The number of rotatable bonds is 2. The summed E-state index contributed by atoms with van der Waals surface area (Å²) in [5.41, 5.74) is 1.08. The van der Waals surface area contributed by atoms with Crippen LogP contribution in [0.3, 0.4) is 0 Å². The third-order valence-corrected chi connectivity index (χ3v) is 4.67. The Morgan fingerprint density at radius 2 is 2.35 bits per heavy atom. The van der Waals surface area contributed by atoms with Crippen LogP contribution in [-0.2, 0) is 0 Å². The summed E-state index contributed by atoms with van der Waals surface area (Å²) in [4.78, 5) is 16.5. The molecule has 1 amide bonds. The van der Waals surface area contributed by atoms with Gasteiger partial charge in [-0.15, -0.1) is 0 Å². The molecule has 3 atom stereocenters. The van der Waals surface area contributed by atoms with Crippen molar-refractivity contribution in [3.05, 3.63) is 28.7 Å². The first-order chi connectivity index (χ1) is 9.69. The average molecular weight is 336 g/mol. The molecule has 104 valence electrons. The molecular formula is C14H14BrN3O2. The molecule has 2 N–H and O–H groups in total. The molecule has 2 aromatic rings. The Morgan fingerprint density at radius 3 is 3.10 bits per heavy atom. The Labute approximate surface area is 124 Å². The third kappa shape index (κ3) is 2.03. The van der Waals surface area contributed by atoms with Gasteiger partial charge >= 0.3 is 0 Å². The number of amides is 1. The number of hydrogen-bond donors (Lipinski definition) is 2. The average Bonchev–Trinajstić information content (AvgIpc) is 3.10. The summed E-state index contributed by atoms with van der Waals surface area (Å²) >= 11 is 3.28. The zero-order valence-corrected chi connectivity index (χ0v) is 12.3. The van der Waals surface area contributed by atoms with Gasteiger partial charge in [-0.2, -0.15) is 0 Å². The Hall–Kier alpha value is -1.40. The molecule has 20 heavy (non-hydrogen) atoms. The van der Waals surface area contributed by atoms with Crippen LogP contribution in [-0.4, -0.2) is 29.5 Å². The zero-order chi connectivity index (χ0) is 13.7. The van der Waals surface area contributed by atoms with Crippen molar-refractivity contribution in [2.45, 2.75) is 24.9 Å². The molecule has 0 aromatic carbocycles. The van der Waals surface area contributed by atoms with E-state index in [4.69, 9.17) is 4.42 Å². The van der Waals surface area contributed by atoms with Crippen LogP contribution >= 0.6 is 15.9 Å². The van der Waals surface area contributed by atoms with E-state index in [1.165, 1.54) is 6.42 Å². The molecule has 2 fully saturated rings. The first-order valence-corrected chi connectivity index (χ1v) is 7.58. The van der Waals surface area contributed by atoms with E-state index in [0.717, 1.165) is 18.4 Å². The normalized spacial score (nSPS) is 28.1. The van der Waals surface area contributed by atoms with Crippen molar-refractivity contribution in [3.8, 4) is 0 Å². The Morgan fingerprint density at radius 1 is 1.45 bits per heavy atom. The standard InChI is InChI=1S/C14H14BrN3O2/c15-13-2-8-6-17-11(4-12(8)20-13)14(19)18-10-3-9-1-7(10)5-16-9/h2,4,6-7,9-10,16H,1,3,5H2,(H,18,19). The molecule has 4 rings (SSSR count). The van der Waals surface area contributed by atoms with Crippen molar-refractivity contribution < 1.29 is 9.21 Å². The highest BCUT2D eigenvalue weighted by atomic mass is 79.9. The lowest BCUT2D eigenvalue weighted by molar-refractivity contribution is 0.0920. The summed E-state index contributed by atoms with van der Waals surface area (Å²) in [7, 11) is 0. The highest BCUT2D eigenvalue weighted by Gasteiger charge is 2.40. The molecule has 2 bridgehead atoms. The fourth-order valence-electron chi connectivity index (χ4n) is 3.28. The number of fused-ring (bicyclic) bond motifs is 3. The van der Waals surface area contributed by atoms with Gasteiger partial charge in [0.15, 0.2) is 4.67 Å². The lowest BCUT2D eigenvalue weighted by atomic mass is 10.0. The first-order valence-electron chi connectivity index (χ1n) is 6.78. The maximum atomic E-state index is 12.3. The number of hydrogen-bond acceptors (Lipinski definition) is 4. The van der Waals surface area contributed by atoms with E-state index >= 15 is 0 Å². The molecule has 5 nitrogen and oxygen atoms in total. The molecule has 3 heterocycles. The minimum absolute atomic E-state index is 0.114. The number of carbonyl (C=O) groups excluding carboxylic acids is 1. The Kier molecular flexibility index (Phi) is 2.82. The number of nitrogens with one attached hydrogen (secondary N) is 2. The summed E-state index contributed by atoms with van der Waals surface area (Å²) in [5.74, 6) is 0.447. The molecular weight excluding hydrogens is 322 g/mol. The molecule has 2 aliphatic rings. The summed E-state index contributed by atoms with van der Waals surface area (Å²) in [6, 6.07) is 4.38. The van der Waals surface area contributed by atoms with Gasteiger partial charge in [0.25, 0.3) is 5.91 Å². The molecule has 1 aliphatic heterocycles. The number of aromatic nitrogens is 1. The summed E-state index contributed by atoms with van der Waals surface area (Å²) in [6.45, 7) is 1.01. The highest BCUT2D eigenvalue weighted by molar-refractivity contribution is 9.10. The fourth-order valence-corrected chi connectivity index (χ4v) is 3.70. The predicted octanol–water partition coefficient (Wildman–Crippen LogP) is 2.07. The summed E-state index contributed by atoms with van der Waals surface area (Å²) < 4.78 is 6.11. The number of furan rings is 1. The lowest BCUT2D eigenvalue weighted by Crippen LogP contribution is -2.44. The molecule has 3 unspecified atom stereocenters. The minimum atomic E-state index is -0.114. The zero-order valence-electron chi connectivity index (χ0n) is 10.7. The van der Waals surface area contributed by atoms with Crippen molar-refractivity contribution in [1.29, 1.82) is 0 Å². The summed E-state index contributed by atoms with van der Waals surface area (Å²) in [6.07, 6.45) is 3.86. The van der Waals surface area contributed by atoms with E-state index in [2.05, 4.69) is 31.5 Å². The Bertz CT molecular complexity index is 684. The number of pyridine rings is 1. The topological polar surface area (TPSA) is 67.2 Å². The maximum absolute atomic E-state index is 12.3. The highest BCUT2D eigenvalue weighted by Crippen LogP contribution is 2.31. The van der Waals surface area contributed by atoms with Crippen LogP contribution in [0.4, 0.5) is 0 Å². The minimum Gasteiger partial charge on any atom is -0.449 e. The van der Waals surface area contributed by atoms with E-state index in [-0.39, 0.29) is 11.9 Å². The van der Waals surface area contributed by atoms with Gasteiger partial charge in [-0.1, -0.05) is 0 Å². The SMILES string of the molecule is O=C(NC1CC2CC1CN2)c1cc2oc(Br)cc2cn1. The second-order valence-corrected chi connectivity index (χ2v) is 6.36. The van der Waals surface area contributed by atoms with Gasteiger partial charge in [0.05, 0.1) is 0 Å².